The molecule has 0 unspecified atom stereocenters. The summed E-state index contributed by atoms with van der Waals surface area (Å²) in [6.07, 6.45) is 61.5. The van der Waals surface area contributed by atoms with E-state index in [1.165, 1.54) is 260 Å². The quantitative estimate of drug-likeness (QED) is 0.0274. The summed E-state index contributed by atoms with van der Waals surface area (Å²) in [5.74, 6) is 0. The molecule has 2 aromatic rings. The van der Waals surface area contributed by atoms with E-state index in [1.807, 2.05) is 0 Å². The number of rotatable bonds is 42. The van der Waals surface area contributed by atoms with Gasteiger partial charge in [0.15, 0.2) is 0 Å². The van der Waals surface area contributed by atoms with Gasteiger partial charge in [-0.15, -0.1) is 0 Å². The molecule has 3 rings (SSSR count). The Balaban J connectivity index is 0.00000143. The van der Waals surface area contributed by atoms with Crippen LogP contribution >= 0.6 is 0 Å². The molecule has 67 heavy (non-hydrogen) atoms. The molecule has 0 saturated heterocycles. The van der Waals surface area contributed by atoms with E-state index >= 15 is 0 Å². The first kappa shape index (κ1) is 65.0. The maximum absolute atomic E-state index is 11.2. The summed E-state index contributed by atoms with van der Waals surface area (Å²) in [5.41, 5.74) is 17.8. The first-order valence-corrected chi connectivity index (χ1v) is 29.2. The molecule has 1 heterocycles. The largest absolute Gasteiger partial charge is 2.00 e. The fourth-order valence-corrected chi connectivity index (χ4v) is 9.25. The molecule has 1 aliphatic heterocycles. The molecular weight excluding hydrogens is 855 g/mol. The Morgan fingerprint density at radius 1 is 0.343 bits per heavy atom. The van der Waals surface area contributed by atoms with Crippen LogP contribution in [0.25, 0.3) is 16.9 Å². The Kier molecular flexibility index (Phi) is 48.9. The van der Waals surface area contributed by atoms with E-state index in [1.54, 1.807) is 0 Å². The van der Waals surface area contributed by atoms with Crippen molar-refractivity contribution in [1.82, 2.24) is 0 Å². The molecule has 2 aromatic carbocycles. The van der Waals surface area contributed by atoms with Gasteiger partial charge in [0.1, 0.15) is 0 Å². The van der Waals surface area contributed by atoms with Gasteiger partial charge in [0.2, 0.25) is 11.4 Å². The SMILES string of the molecule is CCCCCCCCCCCCc1cccc(C2=CC=C(c3cccc(CCCCCCCCCCCC)c3)[N+]2=[N-])c1.[CH2-]CCCCCCCCCCC.[CH2-]CCCCCCCCCCC.[Ni+2]. The number of benzene rings is 2. The van der Waals surface area contributed by atoms with Crippen molar-refractivity contribution in [3.63, 3.8) is 0 Å². The smallest absolute Gasteiger partial charge is 0.493 e. The average Bonchev–Trinajstić information content (AvgIpc) is 3.73. The van der Waals surface area contributed by atoms with E-state index < -0.39 is 0 Å². The second-order valence-corrected chi connectivity index (χ2v) is 20.0. The topological polar surface area (TPSA) is 25.3 Å². The van der Waals surface area contributed by atoms with Crippen LogP contribution in [0, 0.1) is 13.8 Å². The minimum Gasteiger partial charge on any atom is -0.493 e. The molecule has 2 nitrogen and oxygen atoms in total. The monoisotopic (exact) mass is 965 g/mol. The Hall–Kier alpha value is -1.99. The molecule has 0 radical (unpaired) electrons. The number of nitrogens with zero attached hydrogens (tertiary/aromatic N) is 2. The molecule has 0 aromatic heterocycles. The summed E-state index contributed by atoms with van der Waals surface area (Å²) in [7, 11) is 0. The first-order chi connectivity index (χ1) is 32.6. The van der Waals surface area contributed by atoms with E-state index in [-0.39, 0.29) is 16.5 Å². The van der Waals surface area contributed by atoms with Crippen molar-refractivity contribution in [2.45, 2.75) is 297 Å². The molecule has 0 saturated carbocycles. The van der Waals surface area contributed by atoms with Crippen LogP contribution in [0.1, 0.15) is 307 Å². The van der Waals surface area contributed by atoms with Crippen LogP contribution in [0.5, 0.6) is 0 Å². The van der Waals surface area contributed by atoms with Crippen LogP contribution in [0.4, 0.5) is 0 Å². The van der Waals surface area contributed by atoms with Gasteiger partial charge in [-0.05, 0) is 61.1 Å². The van der Waals surface area contributed by atoms with Crippen molar-refractivity contribution >= 4 is 11.4 Å². The predicted molar refractivity (Wildman–Crippen MR) is 298 cm³/mol. The Morgan fingerprint density at radius 3 is 0.836 bits per heavy atom. The number of hydrogen-bond donors (Lipinski definition) is 0. The fourth-order valence-electron chi connectivity index (χ4n) is 9.25. The van der Waals surface area contributed by atoms with Crippen molar-refractivity contribution in [3.8, 4) is 0 Å². The van der Waals surface area contributed by atoms with Crippen LogP contribution in [-0.4, -0.2) is 4.70 Å². The van der Waals surface area contributed by atoms with Gasteiger partial charge in [-0.2, -0.15) is 12.8 Å². The van der Waals surface area contributed by atoms with E-state index in [0.29, 0.717) is 0 Å². The summed E-state index contributed by atoms with van der Waals surface area (Å²) in [6.45, 7) is 16.8. The van der Waals surface area contributed by atoms with Crippen molar-refractivity contribution in [1.29, 1.82) is 0 Å². The zero-order valence-electron chi connectivity index (χ0n) is 45.1. The molecule has 0 atom stereocenters. The third kappa shape index (κ3) is 37.5. The normalized spacial score (nSPS) is 11.9. The van der Waals surface area contributed by atoms with Gasteiger partial charge in [0.25, 0.3) is 0 Å². The summed E-state index contributed by atoms with van der Waals surface area (Å²) in [6, 6.07) is 17.5. The maximum Gasteiger partial charge on any atom is 2.00 e. The van der Waals surface area contributed by atoms with Crippen LogP contribution in [0.15, 0.2) is 60.7 Å². The Morgan fingerprint density at radius 2 is 0.582 bits per heavy atom. The second kappa shape index (κ2) is 50.4. The van der Waals surface area contributed by atoms with Gasteiger partial charge in [0, 0.05) is 23.3 Å². The molecule has 386 valence electrons. The standard InChI is InChI=1S/C40H60N2.2C12H25.Ni/c1-3-5-7-9-11-13-15-17-19-21-25-35-27-23-29-37(33-35)39-31-32-40(42(39)41)38-30-24-28-36(34-38)26-22-20-18-16-14-12-10-8-6-4-2;2*1-3-5-7-9-11-12-10-8-6-4-2;/h23-24,27-34H,3-22,25-26H2,1-2H3;2*1,3-12H2,2H3;/q;2*-1;+2. The number of unbranched alkanes of at least 4 members (excludes halogenated alkanes) is 36. The third-order valence-corrected chi connectivity index (χ3v) is 13.6. The average molecular weight is 966 g/mol. The van der Waals surface area contributed by atoms with E-state index in [9.17, 15) is 5.53 Å². The van der Waals surface area contributed by atoms with E-state index in [0.717, 1.165) is 48.2 Å². The second-order valence-electron chi connectivity index (χ2n) is 20.0. The van der Waals surface area contributed by atoms with Gasteiger partial charge < -0.3 is 19.4 Å². The van der Waals surface area contributed by atoms with Gasteiger partial charge >= 0.3 is 16.5 Å². The van der Waals surface area contributed by atoms with E-state index in [2.05, 4.69) is 102 Å². The molecule has 0 bridgehead atoms. The Bertz CT molecular complexity index is 1300. The summed E-state index contributed by atoms with van der Waals surface area (Å²) in [4.78, 5) is 0. The fraction of sp³-hybridized carbons (Fsp3) is 0.719. The molecule has 0 spiro atoms. The molecule has 3 heteroatoms. The van der Waals surface area contributed by atoms with E-state index in [4.69, 9.17) is 0 Å². The maximum atomic E-state index is 11.2. The van der Waals surface area contributed by atoms with Crippen molar-refractivity contribution in [2.75, 3.05) is 0 Å². The minimum atomic E-state index is 0. The Labute approximate surface area is 430 Å². The van der Waals surface area contributed by atoms with Gasteiger partial charge in [-0.1, -0.05) is 283 Å². The van der Waals surface area contributed by atoms with Gasteiger partial charge in [-0.25, -0.2) is 4.70 Å². The van der Waals surface area contributed by atoms with Crippen molar-refractivity contribution in [2.24, 2.45) is 0 Å². The molecule has 0 amide bonds. The molecule has 1 aliphatic rings. The number of allylic oxidation sites excluding steroid dienone is 2. The molecule has 0 fully saturated rings. The van der Waals surface area contributed by atoms with Gasteiger partial charge in [-0.3, -0.25) is 0 Å². The first-order valence-electron chi connectivity index (χ1n) is 29.2. The molecule has 0 N–H and O–H groups in total. The predicted octanol–water partition coefficient (Wildman–Crippen LogP) is 22.5. The van der Waals surface area contributed by atoms with Crippen LogP contribution in [0.2, 0.25) is 0 Å². The molecule has 0 aliphatic carbocycles. The van der Waals surface area contributed by atoms with Crippen LogP contribution in [0.3, 0.4) is 0 Å². The summed E-state index contributed by atoms with van der Waals surface area (Å²) < 4.78 is 1.39. The summed E-state index contributed by atoms with van der Waals surface area (Å²) >= 11 is 0. The molecular formula is C64H110N2Ni. The van der Waals surface area contributed by atoms with Crippen molar-refractivity contribution in [3.05, 3.63) is 102 Å². The van der Waals surface area contributed by atoms with Crippen molar-refractivity contribution < 1.29 is 21.2 Å². The van der Waals surface area contributed by atoms with Crippen LogP contribution < -0.4 is 0 Å². The minimum absolute atomic E-state index is 0. The van der Waals surface area contributed by atoms with Crippen LogP contribution in [-0.2, 0) is 29.3 Å². The zero-order valence-corrected chi connectivity index (χ0v) is 46.1. The number of hydrogen-bond acceptors (Lipinski definition) is 0. The zero-order chi connectivity index (χ0) is 47.8. The number of aryl methyl sites for hydroxylation is 2. The third-order valence-electron chi connectivity index (χ3n) is 13.6. The van der Waals surface area contributed by atoms with Gasteiger partial charge in [0.05, 0.1) is 0 Å². The summed E-state index contributed by atoms with van der Waals surface area (Å²) in [5, 5.41) is 0.